The maximum absolute atomic E-state index is 12.8. The first-order chi connectivity index (χ1) is 11.8. The van der Waals surface area contributed by atoms with Gasteiger partial charge in [-0.1, -0.05) is 35.9 Å². The van der Waals surface area contributed by atoms with Crippen LogP contribution in [0.4, 0.5) is 10.1 Å². The van der Waals surface area contributed by atoms with Crippen LogP contribution in [0.1, 0.15) is 5.56 Å². The van der Waals surface area contributed by atoms with E-state index in [0.29, 0.717) is 5.56 Å². The molecule has 25 heavy (non-hydrogen) atoms. The number of hydrogen-bond acceptors (Lipinski definition) is 4. The minimum absolute atomic E-state index is 0.198. The second-order valence-electron chi connectivity index (χ2n) is 5.07. The van der Waals surface area contributed by atoms with Gasteiger partial charge in [-0.2, -0.15) is 5.10 Å². The van der Waals surface area contributed by atoms with Gasteiger partial charge in [-0.05, 0) is 29.8 Å². The molecule has 0 aliphatic heterocycles. The highest BCUT2D eigenvalue weighted by molar-refractivity contribution is 7.92. The van der Waals surface area contributed by atoms with E-state index in [1.807, 2.05) is 0 Å². The van der Waals surface area contributed by atoms with Crippen LogP contribution in [0.3, 0.4) is 0 Å². The number of benzene rings is 2. The maximum Gasteiger partial charge on any atom is 0.260 e. The van der Waals surface area contributed by atoms with Gasteiger partial charge in [0.25, 0.3) is 5.91 Å². The largest absolute Gasteiger partial charge is 0.271 e. The fourth-order valence-corrected chi connectivity index (χ4v) is 3.08. The van der Waals surface area contributed by atoms with Crippen molar-refractivity contribution in [1.82, 2.24) is 5.43 Å². The number of hydrogen-bond donors (Lipinski definition) is 1. The van der Waals surface area contributed by atoms with E-state index in [-0.39, 0.29) is 16.5 Å². The van der Waals surface area contributed by atoms with Crippen molar-refractivity contribution >= 4 is 39.4 Å². The third kappa shape index (κ3) is 5.54. The van der Waals surface area contributed by atoms with E-state index in [4.69, 9.17) is 11.6 Å². The molecule has 0 heterocycles. The van der Waals surface area contributed by atoms with Crippen LogP contribution in [0.15, 0.2) is 53.6 Å². The Labute approximate surface area is 150 Å². The molecule has 0 saturated carbocycles. The summed E-state index contributed by atoms with van der Waals surface area (Å²) < 4.78 is 37.6. The van der Waals surface area contributed by atoms with Gasteiger partial charge in [0.1, 0.15) is 12.4 Å². The molecule has 0 bridgehead atoms. The Morgan fingerprint density at radius 1 is 1.24 bits per heavy atom. The van der Waals surface area contributed by atoms with Crippen LogP contribution in [0.25, 0.3) is 0 Å². The number of carbonyl (C=O) groups is 1. The van der Waals surface area contributed by atoms with Gasteiger partial charge in [-0.15, -0.1) is 0 Å². The summed E-state index contributed by atoms with van der Waals surface area (Å²) in [4.78, 5) is 12.0. The van der Waals surface area contributed by atoms with Crippen LogP contribution in [-0.2, 0) is 14.8 Å². The van der Waals surface area contributed by atoms with Crippen molar-refractivity contribution in [3.63, 3.8) is 0 Å². The zero-order valence-electron chi connectivity index (χ0n) is 13.2. The summed E-state index contributed by atoms with van der Waals surface area (Å²) in [6.45, 7) is -0.483. The van der Waals surface area contributed by atoms with Gasteiger partial charge < -0.3 is 0 Å². The molecule has 0 aliphatic carbocycles. The molecule has 0 fully saturated rings. The zero-order chi connectivity index (χ0) is 18.4. The Morgan fingerprint density at radius 3 is 2.48 bits per heavy atom. The highest BCUT2D eigenvalue weighted by Crippen LogP contribution is 2.26. The second-order valence-corrected chi connectivity index (χ2v) is 7.38. The van der Waals surface area contributed by atoms with E-state index in [0.717, 1.165) is 10.6 Å². The Morgan fingerprint density at radius 2 is 1.88 bits per heavy atom. The van der Waals surface area contributed by atoms with Crippen molar-refractivity contribution in [3.05, 3.63) is 64.9 Å². The number of carbonyl (C=O) groups excluding carboxylic acids is 1. The molecule has 0 unspecified atom stereocenters. The van der Waals surface area contributed by atoms with Crippen LogP contribution in [0, 0.1) is 5.82 Å². The van der Waals surface area contributed by atoms with Gasteiger partial charge >= 0.3 is 0 Å². The summed E-state index contributed by atoms with van der Waals surface area (Å²) in [6.07, 6.45) is 2.29. The van der Waals surface area contributed by atoms with E-state index < -0.39 is 22.5 Å². The SMILES string of the molecule is CS(=O)(=O)N(CC(=O)N/N=C\c1ccc(F)cc1)c1ccccc1Cl. The Kier molecular flexibility index (Phi) is 6.11. The molecule has 2 aromatic rings. The fourth-order valence-electron chi connectivity index (χ4n) is 1.93. The van der Waals surface area contributed by atoms with Gasteiger partial charge in [0.2, 0.25) is 10.0 Å². The molecule has 0 atom stereocenters. The van der Waals surface area contributed by atoms with Gasteiger partial charge in [0.15, 0.2) is 0 Å². The molecule has 1 N–H and O–H groups in total. The molecule has 1 amide bonds. The van der Waals surface area contributed by atoms with Crippen molar-refractivity contribution in [2.45, 2.75) is 0 Å². The molecular weight excluding hydrogens is 369 g/mol. The number of halogens is 2. The van der Waals surface area contributed by atoms with Crippen LogP contribution in [0.5, 0.6) is 0 Å². The fraction of sp³-hybridized carbons (Fsp3) is 0.125. The Hall–Kier alpha value is -2.45. The number of sulfonamides is 1. The lowest BCUT2D eigenvalue weighted by atomic mass is 10.2. The van der Waals surface area contributed by atoms with Crippen LogP contribution >= 0.6 is 11.6 Å². The summed E-state index contributed by atoms with van der Waals surface area (Å²) in [5, 5.41) is 3.93. The predicted octanol–water partition coefficient (Wildman–Crippen LogP) is 2.40. The van der Waals surface area contributed by atoms with E-state index in [1.54, 1.807) is 12.1 Å². The van der Waals surface area contributed by atoms with Crippen molar-refractivity contribution < 1.29 is 17.6 Å². The number of para-hydroxylation sites is 1. The molecule has 6 nitrogen and oxygen atoms in total. The third-order valence-electron chi connectivity index (χ3n) is 3.08. The van der Waals surface area contributed by atoms with Crippen molar-refractivity contribution in [3.8, 4) is 0 Å². The van der Waals surface area contributed by atoms with Gasteiger partial charge in [-0.25, -0.2) is 18.2 Å². The van der Waals surface area contributed by atoms with E-state index in [9.17, 15) is 17.6 Å². The molecule has 2 rings (SSSR count). The first-order valence-corrected chi connectivity index (χ1v) is 9.30. The average molecular weight is 384 g/mol. The lowest BCUT2D eigenvalue weighted by molar-refractivity contribution is -0.119. The minimum Gasteiger partial charge on any atom is -0.271 e. The summed E-state index contributed by atoms with van der Waals surface area (Å²) >= 11 is 6.01. The predicted molar refractivity (Wildman–Crippen MR) is 95.8 cm³/mol. The Bertz CT molecular complexity index is 886. The first-order valence-electron chi connectivity index (χ1n) is 7.07. The first kappa shape index (κ1) is 18.9. The van der Waals surface area contributed by atoms with Gasteiger partial charge in [0, 0.05) is 0 Å². The summed E-state index contributed by atoms with van der Waals surface area (Å²) in [5.74, 6) is -1.03. The summed E-state index contributed by atoms with van der Waals surface area (Å²) in [7, 11) is -3.72. The van der Waals surface area contributed by atoms with E-state index in [2.05, 4.69) is 10.5 Å². The Balaban J connectivity index is 2.08. The third-order valence-corrected chi connectivity index (χ3v) is 4.53. The highest BCUT2D eigenvalue weighted by Gasteiger charge is 2.22. The number of nitrogens with zero attached hydrogens (tertiary/aromatic N) is 2. The molecule has 0 spiro atoms. The quantitative estimate of drug-likeness (QED) is 0.614. The maximum atomic E-state index is 12.8. The summed E-state index contributed by atoms with van der Waals surface area (Å²) in [5.41, 5.74) is 3.00. The van der Waals surface area contributed by atoms with E-state index in [1.165, 1.54) is 42.6 Å². The zero-order valence-corrected chi connectivity index (χ0v) is 14.8. The standard InChI is InChI=1S/C16H15ClFN3O3S/c1-25(23,24)21(15-5-3-2-4-14(15)17)11-16(22)20-19-10-12-6-8-13(18)9-7-12/h2-10H,11H2,1H3,(H,20,22)/b19-10-. The smallest absolute Gasteiger partial charge is 0.260 e. The molecule has 2 aromatic carbocycles. The van der Waals surface area contributed by atoms with Gasteiger partial charge in [-0.3, -0.25) is 9.10 Å². The normalized spacial score (nSPS) is 11.5. The molecule has 0 aromatic heterocycles. The number of hydrazone groups is 1. The van der Waals surface area contributed by atoms with Crippen LogP contribution in [-0.4, -0.2) is 33.3 Å². The highest BCUT2D eigenvalue weighted by atomic mass is 35.5. The van der Waals surface area contributed by atoms with Gasteiger partial charge in [0.05, 0.1) is 23.2 Å². The topological polar surface area (TPSA) is 78.8 Å². The molecular formula is C16H15ClFN3O3S. The van der Waals surface area contributed by atoms with Crippen molar-refractivity contribution in [2.75, 3.05) is 17.1 Å². The lowest BCUT2D eigenvalue weighted by Crippen LogP contribution is -2.39. The number of amides is 1. The van der Waals surface area contributed by atoms with Crippen molar-refractivity contribution in [1.29, 1.82) is 0 Å². The summed E-state index contributed by atoms with van der Waals surface area (Å²) in [6, 6.07) is 11.8. The monoisotopic (exact) mass is 383 g/mol. The molecule has 0 radical (unpaired) electrons. The molecule has 9 heteroatoms. The molecule has 0 saturated heterocycles. The van der Waals surface area contributed by atoms with Crippen LogP contribution in [0.2, 0.25) is 5.02 Å². The number of anilines is 1. The lowest BCUT2D eigenvalue weighted by Gasteiger charge is -2.22. The number of rotatable bonds is 6. The van der Waals surface area contributed by atoms with E-state index >= 15 is 0 Å². The molecule has 0 aliphatic rings. The second kappa shape index (κ2) is 8.09. The average Bonchev–Trinajstić information content (AvgIpc) is 2.54. The van der Waals surface area contributed by atoms with Crippen LogP contribution < -0.4 is 9.73 Å². The number of nitrogens with one attached hydrogen (secondary N) is 1. The minimum atomic E-state index is -3.72. The van der Waals surface area contributed by atoms with Crippen molar-refractivity contribution in [2.24, 2.45) is 5.10 Å². The molecule has 132 valence electrons.